The number of carbonyl (C=O) groups excluding carboxylic acids is 1. The van der Waals surface area contributed by atoms with Gasteiger partial charge in [0.1, 0.15) is 6.10 Å². The summed E-state index contributed by atoms with van der Waals surface area (Å²) in [6, 6.07) is 0. The molecule has 1 aliphatic rings. The molecule has 0 aromatic carbocycles. The summed E-state index contributed by atoms with van der Waals surface area (Å²) in [5, 5.41) is 1.01. The summed E-state index contributed by atoms with van der Waals surface area (Å²) in [5.74, 6) is 5.45. The van der Waals surface area contributed by atoms with E-state index in [4.69, 9.17) is 17.4 Å². The molecule has 1 amide bonds. The lowest BCUT2D eigenvalue weighted by atomic mass is 10.4. The highest BCUT2D eigenvalue weighted by Crippen LogP contribution is 2.07. The first-order valence-electron chi connectivity index (χ1n) is 2.53. The number of rotatable bonds is 1. The number of halogens is 2. The van der Waals surface area contributed by atoms with Gasteiger partial charge >= 0.3 is 6.09 Å². The van der Waals surface area contributed by atoms with Crippen LogP contribution in [0.3, 0.4) is 0 Å². The van der Waals surface area contributed by atoms with E-state index in [-0.39, 0.29) is 18.5 Å². The Kier molecular flexibility index (Phi) is 3.78. The molecule has 0 aromatic rings. The van der Waals surface area contributed by atoms with E-state index in [2.05, 4.69) is 4.74 Å². The largest absolute Gasteiger partial charge is 0.442 e. The van der Waals surface area contributed by atoms with Crippen molar-refractivity contribution in [3.8, 4) is 0 Å². The van der Waals surface area contributed by atoms with Crippen LogP contribution in [0.4, 0.5) is 4.79 Å². The molecule has 0 aromatic heterocycles. The van der Waals surface area contributed by atoms with Crippen LogP contribution in [0.2, 0.25) is 0 Å². The van der Waals surface area contributed by atoms with Crippen LogP contribution in [0, 0.1) is 0 Å². The Morgan fingerprint density at radius 3 is 2.70 bits per heavy atom. The molecule has 1 fully saturated rings. The molecule has 0 saturated carbocycles. The van der Waals surface area contributed by atoms with Crippen molar-refractivity contribution in [3.05, 3.63) is 0 Å². The number of hydrazine groups is 1. The second-order valence-corrected chi connectivity index (χ2v) is 2.12. The number of amides is 1. The Morgan fingerprint density at radius 2 is 2.50 bits per heavy atom. The average Bonchev–Trinajstić information content (AvgIpc) is 2.13. The van der Waals surface area contributed by atoms with Crippen molar-refractivity contribution in [3.63, 3.8) is 0 Å². The van der Waals surface area contributed by atoms with Crippen molar-refractivity contribution < 1.29 is 9.53 Å². The summed E-state index contributed by atoms with van der Waals surface area (Å²) in [6.45, 7) is 0.391. The van der Waals surface area contributed by atoms with Gasteiger partial charge in [0.05, 0.1) is 12.4 Å². The summed E-state index contributed by atoms with van der Waals surface area (Å²) in [4.78, 5) is 10.5. The molecule has 0 spiro atoms. The van der Waals surface area contributed by atoms with Crippen LogP contribution in [-0.2, 0) is 4.74 Å². The van der Waals surface area contributed by atoms with Crippen LogP contribution in [0.25, 0.3) is 0 Å². The molecule has 60 valence electrons. The molecule has 1 saturated heterocycles. The maximum Gasteiger partial charge on any atom is 0.424 e. The fraction of sp³-hybridized carbons (Fsp3) is 0.750. The van der Waals surface area contributed by atoms with E-state index in [0.29, 0.717) is 12.4 Å². The molecule has 1 heterocycles. The molecule has 0 radical (unpaired) electrons. The lowest BCUT2D eigenvalue weighted by Gasteiger charge is -2.00. The molecule has 0 bridgehead atoms. The third-order valence-corrected chi connectivity index (χ3v) is 1.42. The standard InChI is InChI=1S/C4H7ClN2O2.ClH/c5-1-3-2-7(6)4(8)9-3;/h3H,1-2,6H2;1H. The minimum atomic E-state index is -0.499. The van der Waals surface area contributed by atoms with E-state index in [0.717, 1.165) is 5.01 Å². The van der Waals surface area contributed by atoms with Crippen LogP contribution in [0.5, 0.6) is 0 Å². The SMILES string of the molecule is Cl.NN1CC(CCl)OC1=O. The van der Waals surface area contributed by atoms with E-state index in [1.165, 1.54) is 0 Å². The quantitative estimate of drug-likeness (QED) is 0.366. The highest BCUT2D eigenvalue weighted by atomic mass is 35.5. The number of cyclic esters (lactones) is 1. The summed E-state index contributed by atoms with van der Waals surface area (Å²) in [7, 11) is 0. The molecule has 10 heavy (non-hydrogen) atoms. The van der Waals surface area contributed by atoms with Crippen molar-refractivity contribution in [2.45, 2.75) is 6.10 Å². The number of hydrogen-bond donors (Lipinski definition) is 1. The zero-order valence-corrected chi connectivity index (χ0v) is 6.69. The summed E-state index contributed by atoms with van der Waals surface area (Å²) in [6.07, 6.45) is -0.732. The maximum atomic E-state index is 10.5. The lowest BCUT2D eigenvalue weighted by Crippen LogP contribution is -2.32. The van der Waals surface area contributed by atoms with Gasteiger partial charge in [-0.05, 0) is 0 Å². The van der Waals surface area contributed by atoms with Gasteiger partial charge in [-0.25, -0.2) is 15.6 Å². The Morgan fingerprint density at radius 1 is 1.90 bits per heavy atom. The van der Waals surface area contributed by atoms with Gasteiger partial charge in [-0.2, -0.15) is 0 Å². The van der Waals surface area contributed by atoms with Gasteiger partial charge in [-0.3, -0.25) is 0 Å². The van der Waals surface area contributed by atoms with Gasteiger partial charge in [0, 0.05) is 0 Å². The number of ether oxygens (including phenoxy) is 1. The highest BCUT2D eigenvalue weighted by molar-refractivity contribution is 6.18. The predicted molar refractivity (Wildman–Crippen MR) is 39.1 cm³/mol. The molecular weight excluding hydrogens is 179 g/mol. The van der Waals surface area contributed by atoms with Crippen LogP contribution >= 0.6 is 24.0 Å². The second kappa shape index (κ2) is 3.85. The van der Waals surface area contributed by atoms with Gasteiger partial charge in [-0.15, -0.1) is 24.0 Å². The molecule has 1 rings (SSSR count). The first-order chi connectivity index (χ1) is 4.24. The second-order valence-electron chi connectivity index (χ2n) is 1.81. The fourth-order valence-corrected chi connectivity index (χ4v) is 0.782. The number of alkyl halides is 1. The smallest absolute Gasteiger partial charge is 0.424 e. The number of nitrogens with two attached hydrogens (primary N) is 1. The van der Waals surface area contributed by atoms with E-state index in [1.54, 1.807) is 0 Å². The van der Waals surface area contributed by atoms with Crippen molar-refractivity contribution in [1.82, 2.24) is 5.01 Å². The summed E-state index contributed by atoms with van der Waals surface area (Å²) in [5.41, 5.74) is 0. The number of hydrogen-bond acceptors (Lipinski definition) is 3. The molecule has 0 aliphatic carbocycles. The minimum Gasteiger partial charge on any atom is -0.442 e. The van der Waals surface area contributed by atoms with Crippen molar-refractivity contribution in [2.75, 3.05) is 12.4 Å². The highest BCUT2D eigenvalue weighted by Gasteiger charge is 2.27. The van der Waals surface area contributed by atoms with Crippen LogP contribution in [-0.4, -0.2) is 29.6 Å². The molecule has 6 heteroatoms. The zero-order valence-electron chi connectivity index (χ0n) is 5.12. The van der Waals surface area contributed by atoms with Gasteiger partial charge in [0.25, 0.3) is 0 Å². The summed E-state index contributed by atoms with van der Waals surface area (Å²) >= 11 is 5.38. The molecule has 2 N–H and O–H groups in total. The van der Waals surface area contributed by atoms with Gasteiger partial charge < -0.3 is 4.74 Å². The monoisotopic (exact) mass is 186 g/mol. The maximum absolute atomic E-state index is 10.5. The van der Waals surface area contributed by atoms with E-state index >= 15 is 0 Å². The Balaban J connectivity index is 0.000000810. The molecule has 1 atom stereocenters. The van der Waals surface area contributed by atoms with Crippen molar-refractivity contribution in [2.24, 2.45) is 5.84 Å². The normalized spacial score (nSPS) is 24.0. The molecular formula is C4H8Cl2N2O2. The van der Waals surface area contributed by atoms with Gasteiger partial charge in [0.2, 0.25) is 0 Å². The van der Waals surface area contributed by atoms with Crippen molar-refractivity contribution in [1.29, 1.82) is 0 Å². The van der Waals surface area contributed by atoms with Gasteiger partial charge in [0.15, 0.2) is 0 Å². The Labute approximate surface area is 69.6 Å². The first-order valence-corrected chi connectivity index (χ1v) is 3.06. The molecule has 1 unspecified atom stereocenters. The van der Waals surface area contributed by atoms with E-state index in [9.17, 15) is 4.79 Å². The van der Waals surface area contributed by atoms with E-state index in [1.807, 2.05) is 0 Å². The predicted octanol–water partition coefficient (Wildman–Crippen LogP) is 0.342. The number of carbonyl (C=O) groups is 1. The van der Waals surface area contributed by atoms with Gasteiger partial charge in [-0.1, -0.05) is 0 Å². The third kappa shape index (κ3) is 1.90. The Hall–Kier alpha value is -0.190. The summed E-state index contributed by atoms with van der Waals surface area (Å²) < 4.78 is 4.65. The topological polar surface area (TPSA) is 55.6 Å². The molecule has 1 aliphatic heterocycles. The fourth-order valence-electron chi connectivity index (χ4n) is 0.622. The average molecular weight is 187 g/mol. The molecule has 4 nitrogen and oxygen atoms in total. The zero-order chi connectivity index (χ0) is 6.85. The van der Waals surface area contributed by atoms with Crippen LogP contribution in [0.1, 0.15) is 0 Å². The van der Waals surface area contributed by atoms with Crippen LogP contribution < -0.4 is 5.84 Å². The first kappa shape index (κ1) is 9.81. The number of nitrogens with zero attached hydrogens (tertiary/aromatic N) is 1. The Bertz CT molecular complexity index is 132. The minimum absolute atomic E-state index is 0. The van der Waals surface area contributed by atoms with E-state index < -0.39 is 6.09 Å². The van der Waals surface area contributed by atoms with Crippen LogP contribution in [0.15, 0.2) is 0 Å². The van der Waals surface area contributed by atoms with Crippen molar-refractivity contribution >= 4 is 30.1 Å². The third-order valence-electron chi connectivity index (χ3n) is 1.07. The lowest BCUT2D eigenvalue weighted by molar-refractivity contribution is 0.139.